The van der Waals surface area contributed by atoms with Crippen molar-refractivity contribution in [3.8, 4) is 0 Å². The van der Waals surface area contributed by atoms with E-state index in [4.69, 9.17) is 10.7 Å². The van der Waals surface area contributed by atoms with Crippen LogP contribution in [0.1, 0.15) is 76.8 Å². The lowest BCUT2D eigenvalue weighted by Gasteiger charge is -2.58. The highest BCUT2D eigenvalue weighted by Crippen LogP contribution is 2.76. The fraction of sp³-hybridized carbons (Fsp3) is 0.744. The number of nitrogens with one attached hydrogen (secondary N) is 1. The zero-order valence-corrected chi connectivity index (χ0v) is 32.9. The van der Waals surface area contributed by atoms with E-state index < -0.39 is 0 Å². The van der Waals surface area contributed by atoms with Crippen molar-refractivity contribution in [3.63, 3.8) is 0 Å². The van der Waals surface area contributed by atoms with E-state index in [2.05, 4.69) is 50.4 Å². The number of allylic oxidation sites excluding steroid dienone is 2. The van der Waals surface area contributed by atoms with Crippen molar-refractivity contribution in [1.82, 2.24) is 5.32 Å². The first-order valence-electron chi connectivity index (χ1n) is 18.8. The summed E-state index contributed by atoms with van der Waals surface area (Å²) < 4.78 is 0. The van der Waals surface area contributed by atoms with Gasteiger partial charge in [-0.3, -0.25) is 9.79 Å². The van der Waals surface area contributed by atoms with Crippen LogP contribution in [0, 0.1) is 52.3 Å². The maximum Gasteiger partial charge on any atom is 0.189 e. The number of hydrogen-bond acceptors (Lipinski definition) is 10. The third kappa shape index (κ3) is 6.57. The van der Waals surface area contributed by atoms with E-state index in [0.29, 0.717) is 41.8 Å². The highest BCUT2D eigenvalue weighted by Gasteiger charge is 2.71. The maximum atomic E-state index is 14.7. The molecule has 2 fully saturated rings. The Bertz CT molecular complexity index is 1450. The largest absolute Gasteiger partial charge is 0.396 e. The normalized spacial score (nSPS) is 39.5. The summed E-state index contributed by atoms with van der Waals surface area (Å²) in [6.45, 7) is 8.17. The van der Waals surface area contributed by atoms with Gasteiger partial charge in [-0.1, -0.05) is 93.8 Å². The molecule has 6 nitrogen and oxygen atoms in total. The average Bonchev–Trinajstić information content (AvgIpc) is 3.39. The van der Waals surface area contributed by atoms with E-state index in [1.165, 1.54) is 22.3 Å². The molecular weight excluding hydrogens is 687 g/mol. The Morgan fingerprint density at radius 2 is 1.90 bits per heavy atom. The maximum absolute atomic E-state index is 14.7. The number of carbonyl (C=O) groups excluding carboxylic acids is 1. The van der Waals surface area contributed by atoms with Gasteiger partial charge in [0.2, 0.25) is 0 Å². The zero-order chi connectivity index (χ0) is 34.4. The lowest BCUT2D eigenvalue weighted by atomic mass is 9.46. The molecule has 0 aromatic heterocycles. The first-order valence-corrected chi connectivity index (χ1v) is 23.7. The molecule has 10 heteroatoms. The molecule has 3 heterocycles. The Morgan fingerprint density at radius 1 is 1.08 bits per heavy atom. The molecule has 9 atom stereocenters. The number of carbonyl (C=O) groups is 1. The van der Waals surface area contributed by atoms with Gasteiger partial charge in [-0.15, -0.1) is 0 Å². The van der Waals surface area contributed by atoms with Crippen molar-refractivity contribution < 1.29 is 15.0 Å². The van der Waals surface area contributed by atoms with Crippen molar-refractivity contribution >= 4 is 54.9 Å². The predicted octanol–water partition coefficient (Wildman–Crippen LogP) is 7.19. The Hall–Kier alpha value is -0.780. The van der Waals surface area contributed by atoms with Gasteiger partial charge in [-0.05, 0) is 109 Å². The summed E-state index contributed by atoms with van der Waals surface area (Å²) in [5.74, 6) is 7.21. The van der Waals surface area contributed by atoms with Crippen LogP contribution in [-0.2, 0) is 17.6 Å². The fourth-order valence-corrected chi connectivity index (χ4v) is 17.2. The smallest absolute Gasteiger partial charge is 0.189 e. The highest BCUT2D eigenvalue weighted by atomic mass is 33.1. The molecule has 5 N–H and O–H groups in total. The zero-order valence-electron chi connectivity index (χ0n) is 29.6. The quantitative estimate of drug-likeness (QED) is 0.216. The van der Waals surface area contributed by atoms with Gasteiger partial charge < -0.3 is 21.3 Å². The molecule has 1 aromatic rings. The summed E-state index contributed by atoms with van der Waals surface area (Å²) in [5.41, 5.74) is 11.6. The molecule has 0 radical (unpaired) electrons. The van der Waals surface area contributed by atoms with Gasteiger partial charge >= 0.3 is 0 Å². The first-order chi connectivity index (χ1) is 23.6. The van der Waals surface area contributed by atoms with E-state index in [9.17, 15) is 15.0 Å². The molecule has 6 aliphatic rings. The number of nitrogens with zero attached hydrogens (tertiary/aromatic N) is 1. The van der Waals surface area contributed by atoms with Gasteiger partial charge in [0.15, 0.2) is 11.7 Å². The molecule has 7 rings (SSSR count). The molecule has 2 saturated carbocycles. The van der Waals surface area contributed by atoms with Crippen molar-refractivity contribution in [2.24, 2.45) is 63.0 Å². The topological polar surface area (TPSA) is 108 Å². The Kier molecular flexibility index (Phi) is 11.1. The first kappa shape index (κ1) is 36.6. The highest BCUT2D eigenvalue weighted by molar-refractivity contribution is 8.77. The molecule has 1 aromatic carbocycles. The Morgan fingerprint density at radius 3 is 2.69 bits per heavy atom. The van der Waals surface area contributed by atoms with E-state index in [-0.39, 0.29) is 47.3 Å². The summed E-state index contributed by atoms with van der Waals surface area (Å²) >= 11 is 0. The number of benzene rings is 1. The molecule has 270 valence electrons. The molecule has 3 aliphatic carbocycles. The number of aliphatic hydroxyl groups excluding tert-OH is 2. The molecule has 0 amide bonds. The van der Waals surface area contributed by atoms with Crippen molar-refractivity contribution in [1.29, 1.82) is 0 Å². The molecule has 0 unspecified atom stereocenters. The van der Waals surface area contributed by atoms with E-state index >= 15 is 0 Å². The second-order valence-electron chi connectivity index (χ2n) is 16.7. The molecule has 6 bridgehead atoms. The molecule has 49 heavy (non-hydrogen) atoms. The molecule has 0 saturated heterocycles. The number of guanidine groups is 1. The van der Waals surface area contributed by atoms with Crippen LogP contribution in [0.15, 0.2) is 40.4 Å². The predicted molar refractivity (Wildman–Crippen MR) is 211 cm³/mol. The lowest BCUT2D eigenvalue weighted by Crippen LogP contribution is -2.62. The van der Waals surface area contributed by atoms with Crippen LogP contribution < -0.4 is 11.1 Å². The number of hydrogen-bond donors (Lipinski definition) is 4. The summed E-state index contributed by atoms with van der Waals surface area (Å²) in [5, 5.41) is 25.0. The van der Waals surface area contributed by atoms with Crippen LogP contribution in [0.3, 0.4) is 0 Å². The Balaban J connectivity index is 1.28. The van der Waals surface area contributed by atoms with Gasteiger partial charge in [0, 0.05) is 60.5 Å². The van der Waals surface area contributed by atoms with Gasteiger partial charge in [0.1, 0.15) is 0 Å². The number of Topliss-reactive ketones (excluding diaryl/α,β-unsaturated/α-hetero) is 1. The van der Waals surface area contributed by atoms with E-state index in [0.717, 1.165) is 80.9 Å². The minimum Gasteiger partial charge on any atom is -0.396 e. The van der Waals surface area contributed by atoms with Crippen LogP contribution in [-0.4, -0.2) is 70.3 Å². The SMILES string of the molecule is CC(C)Cc1cccc(C[C@@H]2CN=C(N)N[C@@]23CC[C@H]2CSSC[C@@H](CCO)[C@@H]4[C@@H](CO)C[C@@H]5CC6=C2C(=O)C[C@@]64[C@@]5(C)CCSSC3)c1. The van der Waals surface area contributed by atoms with Crippen LogP contribution in [0.25, 0.3) is 0 Å². The monoisotopic (exact) mass is 743 g/mol. The number of rotatable bonds is 7. The van der Waals surface area contributed by atoms with Gasteiger partial charge in [-0.2, -0.15) is 0 Å². The van der Waals surface area contributed by atoms with Crippen molar-refractivity contribution in [2.75, 3.05) is 42.8 Å². The molecule has 2 spiro atoms. The minimum absolute atomic E-state index is 0.0222. The van der Waals surface area contributed by atoms with Crippen LogP contribution >= 0.6 is 43.2 Å². The third-order valence-electron chi connectivity index (χ3n) is 13.7. The number of aliphatic hydroxyl groups is 2. The van der Waals surface area contributed by atoms with Crippen LogP contribution in [0.2, 0.25) is 0 Å². The van der Waals surface area contributed by atoms with Crippen LogP contribution in [0.5, 0.6) is 0 Å². The lowest BCUT2D eigenvalue weighted by molar-refractivity contribution is -0.129. The standard InChI is InChI=1S/C39H57N3O3S4/c1-24(2)13-25-5-4-6-26(14-25)15-31-19-41-36(40)42-38(31)9-7-27-21-47-48-22-28(8-11-43)35-29(20-44)16-30-17-32-34(27)33(45)18-39(32,35)37(30,3)10-12-46-49-23-38/h4-6,14,24,27-31,35,43-44H,7-13,15-23H2,1-3H3,(H3,40,41,42)/t27-,28+,29+,30+,31+,35+,37-,38+,39+/m0/s1. The van der Waals surface area contributed by atoms with Crippen molar-refractivity contribution in [3.05, 3.63) is 46.5 Å². The van der Waals surface area contributed by atoms with Gasteiger partial charge in [0.25, 0.3) is 0 Å². The van der Waals surface area contributed by atoms with Crippen molar-refractivity contribution in [2.45, 2.75) is 84.1 Å². The van der Waals surface area contributed by atoms with E-state index in [1.54, 1.807) is 0 Å². The summed E-state index contributed by atoms with van der Waals surface area (Å²) in [4.78, 5) is 19.4. The van der Waals surface area contributed by atoms with Crippen LogP contribution in [0.4, 0.5) is 0 Å². The number of aliphatic imine (C=N–C) groups is 1. The minimum atomic E-state index is -0.209. The Labute approximate surface area is 310 Å². The number of nitrogens with two attached hydrogens (primary N) is 1. The summed E-state index contributed by atoms with van der Waals surface area (Å²) in [6, 6.07) is 9.18. The number of ketones is 1. The fourth-order valence-electron chi connectivity index (χ4n) is 11.5. The summed E-state index contributed by atoms with van der Waals surface area (Å²) in [7, 11) is 7.89. The van der Waals surface area contributed by atoms with E-state index in [1.807, 2.05) is 43.2 Å². The van der Waals surface area contributed by atoms with Gasteiger partial charge in [0.05, 0.1) is 5.54 Å². The second-order valence-corrected chi connectivity index (χ2v) is 21.9. The second kappa shape index (κ2) is 14.9. The molecule has 3 aliphatic heterocycles. The average molecular weight is 744 g/mol. The molecular formula is C39H57N3O3S4. The third-order valence-corrected chi connectivity index (χ3v) is 18.8. The van der Waals surface area contributed by atoms with Gasteiger partial charge in [-0.25, -0.2) is 0 Å². The summed E-state index contributed by atoms with van der Waals surface area (Å²) in [6.07, 6.45) is 8.46.